The van der Waals surface area contributed by atoms with E-state index >= 15 is 0 Å². The van der Waals surface area contributed by atoms with E-state index in [1.807, 2.05) is 13.8 Å². The normalized spacial score (nSPS) is 12.6. The van der Waals surface area contributed by atoms with Crippen LogP contribution in [-0.2, 0) is 17.8 Å². The third-order valence-electron chi connectivity index (χ3n) is 2.36. The number of aryl methyl sites for hydroxylation is 1. The predicted molar refractivity (Wildman–Crippen MR) is 61.5 cm³/mol. The maximum absolute atomic E-state index is 10.9. The van der Waals surface area contributed by atoms with E-state index in [0.29, 0.717) is 24.7 Å². The van der Waals surface area contributed by atoms with Gasteiger partial charge in [0, 0.05) is 6.42 Å². The fraction of sp³-hybridized carbons (Fsp3) is 0.727. The van der Waals surface area contributed by atoms with Gasteiger partial charge in [-0.15, -0.1) is 0 Å². The third-order valence-corrected chi connectivity index (χ3v) is 2.36. The number of nitrogens with one attached hydrogen (secondary N) is 1. The summed E-state index contributed by atoms with van der Waals surface area (Å²) in [7, 11) is 0. The molecule has 1 atom stereocenters. The third kappa shape index (κ3) is 4.52. The van der Waals surface area contributed by atoms with Crippen molar-refractivity contribution in [1.29, 1.82) is 0 Å². The molecule has 0 amide bonds. The molecule has 0 fully saturated rings. The van der Waals surface area contributed by atoms with Gasteiger partial charge in [0.05, 0.1) is 6.54 Å². The lowest BCUT2D eigenvalue weighted by Gasteiger charge is -2.11. The number of carboxylic acids is 1. The largest absolute Gasteiger partial charge is 0.480 e. The second-order valence-electron chi connectivity index (χ2n) is 3.91. The Bertz CT molecular complexity index is 351. The van der Waals surface area contributed by atoms with Crippen LogP contribution in [0.2, 0.25) is 0 Å². The van der Waals surface area contributed by atoms with Crippen molar-refractivity contribution in [2.45, 2.75) is 52.1 Å². The summed E-state index contributed by atoms with van der Waals surface area (Å²) in [6, 6.07) is -0.548. The van der Waals surface area contributed by atoms with Crippen LogP contribution in [0.15, 0.2) is 4.52 Å². The second kappa shape index (κ2) is 7.01. The topological polar surface area (TPSA) is 88.2 Å². The standard InChI is InChI=1S/C11H19N3O3/c1-3-5-8(11(15)16)12-7-9-13-10(6-4-2)17-14-9/h8,12H,3-7H2,1-2H3,(H,15,16). The van der Waals surface area contributed by atoms with Gasteiger partial charge in [-0.2, -0.15) is 4.98 Å². The number of aliphatic carboxylic acids is 1. The zero-order valence-electron chi connectivity index (χ0n) is 10.3. The summed E-state index contributed by atoms with van der Waals surface area (Å²) in [4.78, 5) is 15.0. The van der Waals surface area contributed by atoms with Gasteiger partial charge in [0.25, 0.3) is 0 Å². The fourth-order valence-corrected chi connectivity index (χ4v) is 1.49. The van der Waals surface area contributed by atoms with Crippen LogP contribution in [0.25, 0.3) is 0 Å². The molecule has 0 aliphatic carbocycles. The molecular weight excluding hydrogens is 222 g/mol. The molecule has 1 heterocycles. The summed E-state index contributed by atoms with van der Waals surface area (Å²) in [5.74, 6) is 0.270. The van der Waals surface area contributed by atoms with E-state index in [1.54, 1.807) is 0 Å². The molecule has 0 aliphatic heterocycles. The van der Waals surface area contributed by atoms with Gasteiger partial charge >= 0.3 is 5.97 Å². The molecule has 6 nitrogen and oxygen atoms in total. The van der Waals surface area contributed by atoms with Crippen molar-refractivity contribution in [3.05, 3.63) is 11.7 Å². The molecule has 1 rings (SSSR count). The molecule has 96 valence electrons. The number of aromatic nitrogens is 2. The van der Waals surface area contributed by atoms with Crippen molar-refractivity contribution >= 4 is 5.97 Å². The first-order valence-electron chi connectivity index (χ1n) is 5.95. The lowest BCUT2D eigenvalue weighted by atomic mass is 10.2. The first-order valence-corrected chi connectivity index (χ1v) is 5.95. The number of hydrogen-bond donors (Lipinski definition) is 2. The molecule has 17 heavy (non-hydrogen) atoms. The lowest BCUT2D eigenvalue weighted by Crippen LogP contribution is -2.36. The van der Waals surface area contributed by atoms with E-state index < -0.39 is 12.0 Å². The monoisotopic (exact) mass is 241 g/mol. The fourth-order valence-electron chi connectivity index (χ4n) is 1.49. The molecule has 0 aliphatic rings. The average Bonchev–Trinajstić information content (AvgIpc) is 2.72. The number of rotatable bonds is 8. The maximum atomic E-state index is 10.9. The Labute approximate surface area is 100 Å². The van der Waals surface area contributed by atoms with Crippen molar-refractivity contribution in [3.8, 4) is 0 Å². The average molecular weight is 241 g/mol. The highest BCUT2D eigenvalue weighted by Gasteiger charge is 2.16. The Kier molecular flexibility index (Phi) is 5.62. The van der Waals surface area contributed by atoms with E-state index in [4.69, 9.17) is 9.63 Å². The van der Waals surface area contributed by atoms with E-state index in [9.17, 15) is 4.79 Å². The molecule has 0 saturated heterocycles. The molecule has 6 heteroatoms. The summed E-state index contributed by atoms with van der Waals surface area (Å²) in [5, 5.41) is 15.6. The Morgan fingerprint density at radius 2 is 2.24 bits per heavy atom. The van der Waals surface area contributed by atoms with Crippen molar-refractivity contribution in [2.24, 2.45) is 0 Å². The van der Waals surface area contributed by atoms with Gasteiger partial charge < -0.3 is 9.63 Å². The summed E-state index contributed by atoms with van der Waals surface area (Å²) in [6.45, 7) is 4.30. The van der Waals surface area contributed by atoms with Gasteiger partial charge in [-0.1, -0.05) is 25.4 Å². The van der Waals surface area contributed by atoms with E-state index in [-0.39, 0.29) is 0 Å². The Morgan fingerprint density at radius 3 is 2.82 bits per heavy atom. The summed E-state index contributed by atoms with van der Waals surface area (Å²) >= 11 is 0. The zero-order chi connectivity index (χ0) is 12.7. The SMILES string of the molecule is CCCc1nc(CNC(CCC)C(=O)O)no1. The van der Waals surface area contributed by atoms with Crippen molar-refractivity contribution in [2.75, 3.05) is 0 Å². The minimum Gasteiger partial charge on any atom is -0.480 e. The first kappa shape index (κ1) is 13.6. The van der Waals surface area contributed by atoms with Crippen LogP contribution in [0.4, 0.5) is 0 Å². The molecule has 0 radical (unpaired) electrons. The molecule has 2 N–H and O–H groups in total. The van der Waals surface area contributed by atoms with Gasteiger partial charge in [-0.25, -0.2) is 0 Å². The van der Waals surface area contributed by atoms with Crippen molar-refractivity contribution in [1.82, 2.24) is 15.5 Å². The minimum atomic E-state index is -0.843. The molecule has 0 bridgehead atoms. The molecule has 0 saturated carbocycles. The highest BCUT2D eigenvalue weighted by molar-refractivity contribution is 5.73. The van der Waals surface area contributed by atoms with Crippen LogP contribution in [0.5, 0.6) is 0 Å². The van der Waals surface area contributed by atoms with Crippen LogP contribution < -0.4 is 5.32 Å². The van der Waals surface area contributed by atoms with Gasteiger partial charge in [0.15, 0.2) is 5.82 Å². The lowest BCUT2D eigenvalue weighted by molar-refractivity contribution is -0.139. The molecule has 1 aromatic heterocycles. The van der Waals surface area contributed by atoms with Gasteiger partial charge in [0.1, 0.15) is 6.04 Å². The van der Waals surface area contributed by atoms with Crippen molar-refractivity contribution in [3.63, 3.8) is 0 Å². The summed E-state index contributed by atoms with van der Waals surface area (Å²) < 4.78 is 5.01. The second-order valence-corrected chi connectivity index (χ2v) is 3.91. The maximum Gasteiger partial charge on any atom is 0.320 e. The number of carboxylic acid groups (broad SMARTS) is 1. The highest BCUT2D eigenvalue weighted by atomic mass is 16.5. The van der Waals surface area contributed by atoms with Crippen LogP contribution >= 0.6 is 0 Å². The molecule has 1 unspecified atom stereocenters. The zero-order valence-corrected chi connectivity index (χ0v) is 10.3. The molecule has 0 spiro atoms. The predicted octanol–water partition coefficient (Wildman–Crippen LogP) is 1.36. The molecule has 0 aromatic carbocycles. The van der Waals surface area contributed by atoms with E-state index in [1.165, 1.54) is 0 Å². The molecule has 1 aromatic rings. The van der Waals surface area contributed by atoms with Crippen molar-refractivity contribution < 1.29 is 14.4 Å². The summed E-state index contributed by atoms with van der Waals surface area (Å²) in [5.41, 5.74) is 0. The van der Waals surface area contributed by atoms with Gasteiger partial charge in [0.2, 0.25) is 5.89 Å². The van der Waals surface area contributed by atoms with Crippen LogP contribution in [-0.4, -0.2) is 27.3 Å². The van der Waals surface area contributed by atoms with Crippen LogP contribution in [0, 0.1) is 0 Å². The smallest absolute Gasteiger partial charge is 0.320 e. The quantitative estimate of drug-likeness (QED) is 0.714. The number of hydrogen-bond acceptors (Lipinski definition) is 5. The Hall–Kier alpha value is -1.43. The number of nitrogens with zero attached hydrogens (tertiary/aromatic N) is 2. The van der Waals surface area contributed by atoms with E-state index in [0.717, 1.165) is 19.3 Å². The minimum absolute atomic E-state index is 0.324. The Morgan fingerprint density at radius 1 is 1.47 bits per heavy atom. The summed E-state index contributed by atoms with van der Waals surface area (Å²) in [6.07, 6.45) is 3.11. The highest BCUT2D eigenvalue weighted by Crippen LogP contribution is 2.02. The van der Waals surface area contributed by atoms with Crippen LogP contribution in [0.1, 0.15) is 44.8 Å². The van der Waals surface area contributed by atoms with Gasteiger partial charge in [-0.3, -0.25) is 10.1 Å². The number of carbonyl (C=O) groups is 1. The van der Waals surface area contributed by atoms with Crippen LogP contribution in [0.3, 0.4) is 0 Å². The molecular formula is C11H19N3O3. The first-order chi connectivity index (χ1) is 8.17. The van der Waals surface area contributed by atoms with Gasteiger partial charge in [-0.05, 0) is 12.8 Å². The van der Waals surface area contributed by atoms with E-state index in [2.05, 4.69) is 15.5 Å². The Balaban J connectivity index is 2.44.